The summed E-state index contributed by atoms with van der Waals surface area (Å²) in [5.41, 5.74) is 3.56. The number of ether oxygens (including phenoxy) is 1. The number of hydrogen-bond acceptors (Lipinski definition) is 9. The maximum Gasteiger partial charge on any atom is 0.301 e. The lowest BCUT2D eigenvalue weighted by atomic mass is 9.86. The van der Waals surface area contributed by atoms with Crippen LogP contribution in [0.3, 0.4) is 0 Å². The van der Waals surface area contributed by atoms with E-state index in [1.54, 1.807) is 18.9 Å². The van der Waals surface area contributed by atoms with Crippen LogP contribution in [0.5, 0.6) is 5.75 Å². The van der Waals surface area contributed by atoms with Crippen molar-refractivity contribution < 1.29 is 14.6 Å². The number of non-ortho nitro benzene ring substituents is 1. The van der Waals surface area contributed by atoms with Crippen LogP contribution in [0.25, 0.3) is 0 Å². The summed E-state index contributed by atoms with van der Waals surface area (Å²) in [5.74, 6) is 2.55. The Morgan fingerprint density at radius 3 is 2.49 bits per heavy atom. The molecule has 0 saturated carbocycles. The van der Waals surface area contributed by atoms with E-state index in [1.165, 1.54) is 25.5 Å². The minimum absolute atomic E-state index is 0.0804. The summed E-state index contributed by atoms with van der Waals surface area (Å²) in [6.07, 6.45) is 7.97. The summed E-state index contributed by atoms with van der Waals surface area (Å²) in [6, 6.07) is 11.4. The average Bonchev–Trinajstić information content (AvgIpc) is 3.16. The van der Waals surface area contributed by atoms with Crippen molar-refractivity contribution in [1.29, 1.82) is 0 Å². The molecule has 0 amide bonds. The lowest BCUT2D eigenvalue weighted by molar-refractivity contribution is -0.393. The predicted molar refractivity (Wildman–Crippen MR) is 149 cm³/mol. The number of thioether (sulfide) groups is 2. The summed E-state index contributed by atoms with van der Waals surface area (Å²) in [6.45, 7) is 0. The van der Waals surface area contributed by atoms with E-state index in [0.29, 0.717) is 5.71 Å². The van der Waals surface area contributed by atoms with Gasteiger partial charge in [-0.05, 0) is 58.5 Å². The molecule has 180 valence electrons. The van der Waals surface area contributed by atoms with Crippen LogP contribution < -0.4 is 10.2 Å². The predicted octanol–water partition coefficient (Wildman–Crippen LogP) is 6.68. The molecule has 0 aromatic heterocycles. The van der Waals surface area contributed by atoms with E-state index in [1.807, 2.05) is 36.0 Å². The number of methoxy groups -OCH3 is 1. The fraction of sp³-hybridized carbons (Fsp3) is 0.174. The summed E-state index contributed by atoms with van der Waals surface area (Å²) >= 11 is 6.00. The Balaban J connectivity index is 1.47. The second-order valence-electron chi connectivity index (χ2n) is 7.60. The van der Waals surface area contributed by atoms with Gasteiger partial charge in [0, 0.05) is 27.9 Å². The van der Waals surface area contributed by atoms with Crippen molar-refractivity contribution in [3.63, 3.8) is 0 Å². The zero-order valence-electron chi connectivity index (χ0n) is 18.3. The van der Waals surface area contributed by atoms with E-state index in [4.69, 9.17) is 4.74 Å². The number of halogens is 1. The van der Waals surface area contributed by atoms with Crippen LogP contribution in [0.2, 0.25) is 0 Å². The van der Waals surface area contributed by atoms with Crippen molar-refractivity contribution in [3.05, 3.63) is 100 Å². The summed E-state index contributed by atoms with van der Waals surface area (Å²) < 4.78 is 6.49. The monoisotopic (exact) mass is 622 g/mol. The molecule has 0 atom stereocenters. The number of rotatable bonds is 8. The second kappa shape index (κ2) is 10.8. The average molecular weight is 622 g/mol. The first-order chi connectivity index (χ1) is 16.8. The molecule has 4 rings (SSSR count). The molecular weight excluding hydrogens is 603 g/mol. The van der Waals surface area contributed by atoms with Crippen molar-refractivity contribution in [2.75, 3.05) is 18.3 Å². The molecule has 1 spiro atoms. The van der Waals surface area contributed by atoms with E-state index in [2.05, 4.69) is 57.4 Å². The van der Waals surface area contributed by atoms with Crippen molar-refractivity contribution in [2.24, 2.45) is 10.5 Å². The molecule has 2 aliphatic rings. The SMILES string of the molecule is COc1ccc(CSC2=C(I)SCC23C=CC(=NNc2ccc([N+](=O)[O-])cc2[N+](=O)[O-])C=C3)cc1. The minimum atomic E-state index is -0.675. The molecule has 1 aliphatic heterocycles. The Morgan fingerprint density at radius 1 is 1.14 bits per heavy atom. The van der Waals surface area contributed by atoms with Gasteiger partial charge in [0.1, 0.15) is 11.4 Å². The number of benzene rings is 2. The molecular formula is C23H19IN4O5S2. The quantitative estimate of drug-likeness (QED) is 0.197. The van der Waals surface area contributed by atoms with Gasteiger partial charge in [0.05, 0.1) is 31.6 Å². The van der Waals surface area contributed by atoms with Crippen LogP contribution in [-0.4, -0.2) is 28.4 Å². The van der Waals surface area contributed by atoms with Gasteiger partial charge in [-0.1, -0.05) is 24.3 Å². The minimum Gasteiger partial charge on any atom is -0.497 e. The van der Waals surface area contributed by atoms with Crippen LogP contribution in [0.4, 0.5) is 17.1 Å². The first-order valence-electron chi connectivity index (χ1n) is 10.2. The highest BCUT2D eigenvalue weighted by Crippen LogP contribution is 2.55. The van der Waals surface area contributed by atoms with Gasteiger partial charge >= 0.3 is 5.69 Å². The Hall–Kier alpha value is -2.84. The first-order valence-corrected chi connectivity index (χ1v) is 13.3. The van der Waals surface area contributed by atoms with Crippen LogP contribution in [0, 0.1) is 25.6 Å². The van der Waals surface area contributed by atoms with Gasteiger partial charge in [0.15, 0.2) is 0 Å². The maximum absolute atomic E-state index is 11.3. The Kier molecular flexibility index (Phi) is 7.82. The van der Waals surface area contributed by atoms with E-state index >= 15 is 0 Å². The third-order valence-electron chi connectivity index (χ3n) is 5.38. The molecule has 0 unspecified atom stereocenters. The van der Waals surface area contributed by atoms with Gasteiger partial charge in [-0.3, -0.25) is 25.7 Å². The molecule has 0 fully saturated rings. The summed E-state index contributed by atoms with van der Waals surface area (Å²) in [4.78, 5) is 22.2. The highest BCUT2D eigenvalue weighted by molar-refractivity contribution is 14.1. The zero-order chi connectivity index (χ0) is 25.0. The normalized spacial score (nSPS) is 18.7. The number of nitro groups is 2. The molecule has 2 aromatic rings. The van der Waals surface area contributed by atoms with Crippen LogP contribution in [-0.2, 0) is 5.75 Å². The van der Waals surface area contributed by atoms with Gasteiger partial charge < -0.3 is 4.74 Å². The van der Waals surface area contributed by atoms with Gasteiger partial charge in [-0.25, -0.2) is 0 Å². The third-order valence-corrected chi connectivity index (χ3v) is 9.78. The molecule has 1 N–H and O–H groups in total. The summed E-state index contributed by atoms with van der Waals surface area (Å²) in [7, 11) is 1.65. The molecule has 12 heteroatoms. The van der Waals surface area contributed by atoms with E-state index < -0.39 is 15.5 Å². The lowest BCUT2D eigenvalue weighted by Gasteiger charge is -2.26. The van der Waals surface area contributed by atoms with Crippen LogP contribution >= 0.6 is 46.1 Å². The van der Waals surface area contributed by atoms with Gasteiger partial charge in [0.2, 0.25) is 0 Å². The summed E-state index contributed by atoms with van der Waals surface area (Å²) in [5, 5.41) is 26.5. The van der Waals surface area contributed by atoms with E-state index in [9.17, 15) is 20.2 Å². The first kappa shape index (κ1) is 25.3. The second-order valence-corrected chi connectivity index (χ2v) is 11.4. The number of allylic oxidation sites excluding steroid dienone is 5. The van der Waals surface area contributed by atoms with Crippen molar-refractivity contribution in [3.8, 4) is 5.75 Å². The van der Waals surface area contributed by atoms with Crippen molar-refractivity contribution >= 4 is 68.9 Å². The fourth-order valence-corrected chi connectivity index (χ4v) is 7.47. The number of hydrogen-bond donors (Lipinski definition) is 1. The van der Waals surface area contributed by atoms with Crippen LogP contribution in [0.15, 0.2) is 79.7 Å². The Labute approximate surface area is 223 Å². The topological polar surface area (TPSA) is 120 Å². The number of nitrogens with one attached hydrogen (secondary N) is 1. The van der Waals surface area contributed by atoms with Crippen LogP contribution in [0.1, 0.15) is 5.56 Å². The van der Waals surface area contributed by atoms with Crippen molar-refractivity contribution in [2.45, 2.75) is 5.75 Å². The molecule has 1 heterocycles. The van der Waals surface area contributed by atoms with Gasteiger partial charge in [-0.2, -0.15) is 5.10 Å². The molecule has 0 radical (unpaired) electrons. The molecule has 0 bridgehead atoms. The van der Waals surface area contributed by atoms with Crippen molar-refractivity contribution in [1.82, 2.24) is 0 Å². The number of hydrazone groups is 1. The van der Waals surface area contributed by atoms with Gasteiger partial charge in [-0.15, -0.1) is 23.5 Å². The number of anilines is 1. The molecule has 1 aliphatic carbocycles. The standard InChI is InChI=1S/C23H19IN4O5S2/c1-33-18-5-2-15(3-6-18)13-34-21-22(24)35-14-23(21)10-8-16(9-11-23)25-26-19-7-4-17(27(29)30)12-20(19)28(31)32/h2-12,26H,13-14H2,1H3. The highest BCUT2D eigenvalue weighted by atomic mass is 127. The highest BCUT2D eigenvalue weighted by Gasteiger charge is 2.38. The molecule has 35 heavy (non-hydrogen) atoms. The number of nitrogens with zero attached hydrogens (tertiary/aromatic N) is 3. The Morgan fingerprint density at radius 2 is 1.86 bits per heavy atom. The smallest absolute Gasteiger partial charge is 0.301 e. The van der Waals surface area contributed by atoms with Gasteiger partial charge in [0.25, 0.3) is 5.69 Å². The van der Waals surface area contributed by atoms with E-state index in [0.717, 1.165) is 23.3 Å². The maximum atomic E-state index is 11.3. The molecule has 9 nitrogen and oxygen atoms in total. The van der Waals surface area contributed by atoms with E-state index in [-0.39, 0.29) is 16.8 Å². The Bertz CT molecular complexity index is 1280. The largest absolute Gasteiger partial charge is 0.497 e. The molecule has 0 saturated heterocycles. The zero-order valence-corrected chi connectivity index (χ0v) is 22.1. The number of nitro benzene ring substituents is 2. The third kappa shape index (κ3) is 5.70. The lowest BCUT2D eigenvalue weighted by Crippen LogP contribution is -2.20. The fourth-order valence-electron chi connectivity index (χ4n) is 3.47. The molecule has 2 aromatic carbocycles.